The van der Waals surface area contributed by atoms with Crippen LogP contribution in [0.25, 0.3) is 6.08 Å². The number of nitrogens with one attached hydrogen (secondary N) is 1. The zero-order valence-corrected chi connectivity index (χ0v) is 11.0. The van der Waals surface area contributed by atoms with Crippen LogP contribution in [0.1, 0.15) is 24.8 Å². The molecule has 100 valence electrons. The smallest absolute Gasteiger partial charge is 0.231 e. The molecule has 0 radical (unpaired) electrons. The van der Waals surface area contributed by atoms with Gasteiger partial charge >= 0.3 is 0 Å². The first-order valence-electron chi connectivity index (χ1n) is 7.21. The Labute approximate surface area is 113 Å². The largest absolute Gasteiger partial charge is 0.454 e. The van der Waals surface area contributed by atoms with Crippen molar-refractivity contribution in [3.8, 4) is 11.5 Å². The highest BCUT2D eigenvalue weighted by Crippen LogP contribution is 2.38. The molecule has 0 bridgehead atoms. The average Bonchev–Trinajstić information content (AvgIpc) is 3.12. The van der Waals surface area contributed by atoms with E-state index in [0.717, 1.165) is 23.3 Å². The van der Waals surface area contributed by atoms with Crippen molar-refractivity contribution in [2.24, 2.45) is 11.8 Å². The van der Waals surface area contributed by atoms with E-state index in [4.69, 9.17) is 9.47 Å². The second kappa shape index (κ2) is 4.57. The second-order valence-corrected chi connectivity index (χ2v) is 5.76. The monoisotopic (exact) mass is 257 g/mol. The molecule has 1 saturated carbocycles. The van der Waals surface area contributed by atoms with Crippen LogP contribution in [0.4, 0.5) is 0 Å². The minimum absolute atomic E-state index is 0.344. The molecule has 0 spiro atoms. The lowest BCUT2D eigenvalue weighted by molar-refractivity contribution is 0.174. The van der Waals surface area contributed by atoms with Gasteiger partial charge in [-0.3, -0.25) is 0 Å². The van der Waals surface area contributed by atoms with Crippen LogP contribution in [0.5, 0.6) is 11.5 Å². The Balaban J connectivity index is 1.50. The van der Waals surface area contributed by atoms with E-state index < -0.39 is 0 Å². The summed E-state index contributed by atoms with van der Waals surface area (Å²) in [7, 11) is 0. The minimum atomic E-state index is 0.344. The molecular formula is C16H19NO2. The van der Waals surface area contributed by atoms with E-state index in [1.54, 1.807) is 0 Å². The molecule has 2 heterocycles. The molecule has 0 amide bonds. The van der Waals surface area contributed by atoms with Crippen molar-refractivity contribution in [3.05, 3.63) is 29.8 Å². The van der Waals surface area contributed by atoms with Crippen LogP contribution in [0.15, 0.2) is 24.3 Å². The van der Waals surface area contributed by atoms with Crippen molar-refractivity contribution in [3.63, 3.8) is 0 Å². The summed E-state index contributed by atoms with van der Waals surface area (Å²) in [5.74, 6) is 3.48. The van der Waals surface area contributed by atoms with E-state index in [1.807, 2.05) is 6.07 Å². The molecule has 1 N–H and O–H groups in total. The summed E-state index contributed by atoms with van der Waals surface area (Å²) in [4.78, 5) is 0. The van der Waals surface area contributed by atoms with Crippen LogP contribution in [-0.2, 0) is 0 Å². The number of hydrogen-bond acceptors (Lipinski definition) is 3. The van der Waals surface area contributed by atoms with Crippen molar-refractivity contribution >= 4 is 6.08 Å². The number of ether oxygens (including phenoxy) is 2. The molecule has 4 rings (SSSR count). The van der Waals surface area contributed by atoms with Gasteiger partial charge in [-0.25, -0.2) is 0 Å². The van der Waals surface area contributed by atoms with Crippen LogP contribution in [0.3, 0.4) is 0 Å². The molecule has 3 aliphatic rings. The summed E-state index contributed by atoms with van der Waals surface area (Å²) in [6.45, 7) is 1.54. The molecule has 2 fully saturated rings. The van der Waals surface area contributed by atoms with E-state index in [2.05, 4.69) is 29.6 Å². The summed E-state index contributed by atoms with van der Waals surface area (Å²) < 4.78 is 10.7. The summed E-state index contributed by atoms with van der Waals surface area (Å²) in [5, 5.41) is 3.64. The summed E-state index contributed by atoms with van der Waals surface area (Å²) in [6.07, 6.45) is 8.74. The first-order chi connectivity index (χ1) is 9.40. The zero-order valence-electron chi connectivity index (χ0n) is 11.0. The van der Waals surface area contributed by atoms with Gasteiger partial charge in [-0.2, -0.15) is 0 Å². The Hall–Kier alpha value is -1.48. The second-order valence-electron chi connectivity index (χ2n) is 5.76. The molecule has 1 aromatic rings. The third-order valence-electron chi connectivity index (χ3n) is 4.69. The Morgan fingerprint density at radius 2 is 2.11 bits per heavy atom. The van der Waals surface area contributed by atoms with Crippen LogP contribution in [0.2, 0.25) is 0 Å². The van der Waals surface area contributed by atoms with E-state index in [0.29, 0.717) is 12.8 Å². The van der Waals surface area contributed by atoms with Crippen LogP contribution < -0.4 is 14.8 Å². The molecule has 1 aliphatic carbocycles. The maximum absolute atomic E-state index is 5.41. The van der Waals surface area contributed by atoms with Crippen molar-refractivity contribution < 1.29 is 9.47 Å². The summed E-state index contributed by atoms with van der Waals surface area (Å²) in [6, 6.07) is 6.69. The van der Waals surface area contributed by atoms with Gasteiger partial charge in [-0.1, -0.05) is 24.6 Å². The third-order valence-corrected chi connectivity index (χ3v) is 4.69. The maximum Gasteiger partial charge on any atom is 0.231 e. The molecule has 19 heavy (non-hydrogen) atoms. The zero-order chi connectivity index (χ0) is 12.7. The number of hydrogen-bond donors (Lipinski definition) is 1. The first-order valence-corrected chi connectivity index (χ1v) is 7.21. The minimum Gasteiger partial charge on any atom is -0.454 e. The molecule has 3 heteroatoms. The number of benzene rings is 1. The van der Waals surface area contributed by atoms with Crippen molar-refractivity contribution in [2.75, 3.05) is 13.3 Å². The Morgan fingerprint density at radius 1 is 1.16 bits per heavy atom. The highest BCUT2D eigenvalue weighted by atomic mass is 16.7. The number of rotatable bonds is 2. The normalized spacial score (nSPS) is 32.1. The van der Waals surface area contributed by atoms with Gasteiger partial charge in [-0.15, -0.1) is 0 Å². The average molecular weight is 257 g/mol. The maximum atomic E-state index is 5.41. The Bertz CT molecular complexity index is 511. The third kappa shape index (κ3) is 2.02. The van der Waals surface area contributed by atoms with Gasteiger partial charge in [0, 0.05) is 6.04 Å². The fraction of sp³-hybridized carbons (Fsp3) is 0.500. The van der Waals surface area contributed by atoms with E-state index in [9.17, 15) is 0 Å². The van der Waals surface area contributed by atoms with Gasteiger partial charge in [0.25, 0.3) is 0 Å². The van der Waals surface area contributed by atoms with Crippen LogP contribution in [-0.4, -0.2) is 19.4 Å². The highest BCUT2D eigenvalue weighted by Gasteiger charge is 2.37. The fourth-order valence-corrected chi connectivity index (χ4v) is 3.67. The SMILES string of the molecule is C(=C\C1NCC2CCCC21)/c1ccc2c(c1)OCO2. The molecule has 2 aliphatic heterocycles. The van der Waals surface area contributed by atoms with Gasteiger partial charge in [0.15, 0.2) is 11.5 Å². The predicted molar refractivity (Wildman–Crippen MR) is 74.2 cm³/mol. The van der Waals surface area contributed by atoms with Crippen molar-refractivity contribution in [2.45, 2.75) is 25.3 Å². The van der Waals surface area contributed by atoms with Gasteiger partial charge in [0.1, 0.15) is 0 Å². The Morgan fingerprint density at radius 3 is 3.11 bits per heavy atom. The van der Waals surface area contributed by atoms with Crippen molar-refractivity contribution in [1.82, 2.24) is 5.32 Å². The first kappa shape index (κ1) is 11.4. The van der Waals surface area contributed by atoms with Crippen molar-refractivity contribution in [1.29, 1.82) is 0 Å². The summed E-state index contributed by atoms with van der Waals surface area (Å²) >= 11 is 0. The molecule has 1 saturated heterocycles. The van der Waals surface area contributed by atoms with Crippen LogP contribution in [0, 0.1) is 11.8 Å². The Kier molecular flexibility index (Phi) is 2.73. The standard InChI is InChI=1S/C16H19NO2/c1-2-12-9-17-14(13(12)3-1)6-4-11-5-7-15-16(8-11)19-10-18-15/h4-8,12-14,17H,1-3,9-10H2/b6-4+. The van der Waals surface area contributed by atoms with E-state index >= 15 is 0 Å². The quantitative estimate of drug-likeness (QED) is 0.883. The molecule has 0 aromatic heterocycles. The van der Waals surface area contributed by atoms with Crippen LogP contribution >= 0.6 is 0 Å². The molecule has 3 nitrogen and oxygen atoms in total. The fourth-order valence-electron chi connectivity index (χ4n) is 3.67. The topological polar surface area (TPSA) is 30.5 Å². The van der Waals surface area contributed by atoms with E-state index in [1.165, 1.54) is 31.4 Å². The van der Waals surface area contributed by atoms with Gasteiger partial charge < -0.3 is 14.8 Å². The molecular weight excluding hydrogens is 238 g/mol. The lowest BCUT2D eigenvalue weighted by Gasteiger charge is -2.13. The highest BCUT2D eigenvalue weighted by molar-refractivity contribution is 5.57. The lowest BCUT2D eigenvalue weighted by Crippen LogP contribution is -2.23. The van der Waals surface area contributed by atoms with E-state index in [-0.39, 0.29) is 0 Å². The molecule has 1 aromatic carbocycles. The lowest BCUT2D eigenvalue weighted by atomic mass is 9.93. The summed E-state index contributed by atoms with van der Waals surface area (Å²) in [5.41, 5.74) is 1.19. The van der Waals surface area contributed by atoms with Gasteiger partial charge in [0.05, 0.1) is 0 Å². The van der Waals surface area contributed by atoms with Gasteiger partial charge in [-0.05, 0) is 48.9 Å². The molecule has 3 atom stereocenters. The number of fused-ring (bicyclic) bond motifs is 2. The predicted octanol–water partition coefficient (Wildman–Crippen LogP) is 2.82. The molecule has 3 unspecified atom stereocenters. The van der Waals surface area contributed by atoms with Gasteiger partial charge in [0.2, 0.25) is 6.79 Å².